The zero-order chi connectivity index (χ0) is 13.3. The molecule has 0 saturated carbocycles. The van der Waals surface area contributed by atoms with Gasteiger partial charge in [-0.25, -0.2) is 10.4 Å². The Morgan fingerprint density at radius 2 is 2.28 bits per heavy atom. The largest absolute Gasteiger partial charge is 0.480 e. The van der Waals surface area contributed by atoms with Gasteiger partial charge in [-0.3, -0.25) is 4.79 Å². The monoisotopic (exact) mass is 252 g/mol. The van der Waals surface area contributed by atoms with E-state index in [-0.39, 0.29) is 13.0 Å². The van der Waals surface area contributed by atoms with Gasteiger partial charge in [-0.1, -0.05) is 30.4 Å². The lowest BCUT2D eigenvalue weighted by atomic mass is 10.0. The van der Waals surface area contributed by atoms with Gasteiger partial charge in [-0.2, -0.15) is 0 Å². The van der Waals surface area contributed by atoms with Gasteiger partial charge in [0.2, 0.25) is 5.91 Å². The molecule has 0 aromatic heterocycles. The molecule has 98 valence electrons. The highest BCUT2D eigenvalue weighted by Crippen LogP contribution is 2.23. The third-order valence-electron chi connectivity index (χ3n) is 2.83. The Morgan fingerprint density at radius 3 is 2.78 bits per heavy atom. The van der Waals surface area contributed by atoms with E-state index in [1.165, 1.54) is 5.01 Å². The number of carboxylic acids is 1. The molecule has 2 rings (SSSR count). The van der Waals surface area contributed by atoms with Gasteiger partial charge >= 0.3 is 5.97 Å². The van der Waals surface area contributed by atoms with Crippen LogP contribution >= 0.6 is 0 Å². The molecule has 2 aliphatic rings. The van der Waals surface area contributed by atoms with E-state index in [1.54, 1.807) is 6.08 Å². The Balaban J connectivity index is 1.87. The second kappa shape index (κ2) is 4.66. The molecule has 0 amide bonds. The predicted molar refractivity (Wildman–Crippen MR) is 64.0 cm³/mol. The number of allylic oxidation sites excluding steroid dienone is 4. The average molecular weight is 252 g/mol. The highest BCUT2D eigenvalue weighted by atomic mass is 16.5. The summed E-state index contributed by atoms with van der Waals surface area (Å²) in [7, 11) is 0. The van der Waals surface area contributed by atoms with Gasteiger partial charge in [-0.15, -0.1) is 0 Å². The molecule has 2 atom stereocenters. The average Bonchev–Trinajstić information content (AvgIpc) is 2.99. The number of carbonyl (C=O) groups is 1. The Kier molecular flexibility index (Phi) is 3.36. The molecular formula is C12H16N2O4. The third-order valence-corrected chi connectivity index (χ3v) is 2.83. The number of rotatable bonds is 5. The normalized spacial score (nSPS) is 27.0. The van der Waals surface area contributed by atoms with Crippen LogP contribution < -0.4 is 5.43 Å². The highest BCUT2D eigenvalue weighted by Gasteiger charge is 2.44. The smallest absolute Gasteiger partial charge is 0.323 e. The fraction of sp³-hybridized carbons (Fsp3) is 0.417. The van der Waals surface area contributed by atoms with Crippen molar-refractivity contribution in [2.45, 2.75) is 24.8 Å². The Bertz CT molecular complexity index is 439. The number of nitrogens with one attached hydrogen (secondary N) is 1. The van der Waals surface area contributed by atoms with Gasteiger partial charge < -0.3 is 15.3 Å². The summed E-state index contributed by atoms with van der Waals surface area (Å²) in [5.41, 5.74) is 4.12. The Morgan fingerprint density at radius 1 is 1.56 bits per heavy atom. The summed E-state index contributed by atoms with van der Waals surface area (Å²) in [4.78, 5) is 10.6. The van der Waals surface area contributed by atoms with Gasteiger partial charge in [0.25, 0.3) is 0 Å². The van der Waals surface area contributed by atoms with Crippen LogP contribution in [0.15, 0.2) is 36.0 Å². The van der Waals surface area contributed by atoms with Crippen molar-refractivity contribution in [1.82, 2.24) is 10.4 Å². The van der Waals surface area contributed by atoms with Crippen LogP contribution in [0.4, 0.5) is 0 Å². The fourth-order valence-corrected chi connectivity index (χ4v) is 1.78. The minimum absolute atomic E-state index is 0.0143. The highest BCUT2D eigenvalue weighted by molar-refractivity contribution is 5.76. The number of hydrogen-bond donors (Lipinski definition) is 4. The van der Waals surface area contributed by atoms with Crippen molar-refractivity contribution in [3.8, 4) is 0 Å². The van der Waals surface area contributed by atoms with Crippen molar-refractivity contribution in [2.75, 3.05) is 6.54 Å². The van der Waals surface area contributed by atoms with E-state index in [2.05, 4.69) is 12.0 Å². The maximum Gasteiger partial charge on any atom is 0.323 e. The molecule has 1 heterocycles. The van der Waals surface area contributed by atoms with Crippen LogP contribution in [-0.4, -0.2) is 44.8 Å². The number of hydrazine groups is 1. The maximum atomic E-state index is 10.6. The number of carboxylic acid groups (broad SMARTS) is 1. The minimum Gasteiger partial charge on any atom is -0.480 e. The third kappa shape index (κ3) is 3.27. The van der Waals surface area contributed by atoms with Crippen LogP contribution in [0.5, 0.6) is 0 Å². The molecule has 1 aliphatic heterocycles. The molecular weight excluding hydrogens is 236 g/mol. The number of aliphatic carboxylic acids is 1. The van der Waals surface area contributed by atoms with Crippen molar-refractivity contribution in [2.24, 2.45) is 0 Å². The first kappa shape index (κ1) is 13.0. The van der Waals surface area contributed by atoms with Crippen LogP contribution in [0.1, 0.15) is 12.8 Å². The summed E-state index contributed by atoms with van der Waals surface area (Å²) in [6.45, 7) is 4.06. The molecule has 0 radical (unpaired) electrons. The lowest BCUT2D eigenvalue weighted by molar-refractivity contribution is -0.206. The molecule has 1 saturated heterocycles. The molecule has 0 aromatic rings. The molecule has 1 fully saturated rings. The van der Waals surface area contributed by atoms with E-state index < -0.39 is 17.9 Å². The number of nitrogens with zero attached hydrogens (tertiary/aromatic N) is 1. The van der Waals surface area contributed by atoms with E-state index in [1.807, 2.05) is 12.2 Å². The summed E-state index contributed by atoms with van der Waals surface area (Å²) < 4.78 is 0. The summed E-state index contributed by atoms with van der Waals surface area (Å²) in [6.07, 6.45) is 6.12. The molecule has 4 N–H and O–H groups in total. The molecule has 2 unspecified atom stereocenters. The molecule has 1 aliphatic carbocycles. The summed E-state index contributed by atoms with van der Waals surface area (Å²) in [6, 6.07) is -0.681. The second-order valence-electron chi connectivity index (χ2n) is 4.59. The van der Waals surface area contributed by atoms with Crippen molar-refractivity contribution in [3.05, 3.63) is 36.0 Å². The summed E-state index contributed by atoms with van der Waals surface area (Å²) in [5, 5.41) is 29.5. The van der Waals surface area contributed by atoms with E-state index in [4.69, 9.17) is 5.11 Å². The summed E-state index contributed by atoms with van der Waals surface area (Å²) in [5.74, 6) is -3.12. The van der Waals surface area contributed by atoms with Crippen LogP contribution in [0, 0.1) is 0 Å². The van der Waals surface area contributed by atoms with Crippen LogP contribution in [0.3, 0.4) is 0 Å². The van der Waals surface area contributed by atoms with Crippen molar-refractivity contribution >= 4 is 5.97 Å². The molecule has 0 spiro atoms. The topological polar surface area (TPSA) is 92.8 Å². The first-order chi connectivity index (χ1) is 8.37. The predicted octanol–water partition coefficient (Wildman–Crippen LogP) is -0.269. The van der Waals surface area contributed by atoms with Crippen molar-refractivity contribution in [3.63, 3.8) is 0 Å². The van der Waals surface area contributed by atoms with Crippen LogP contribution in [0.25, 0.3) is 0 Å². The maximum absolute atomic E-state index is 10.6. The SMILES string of the molecule is C=C1C=CC(CC(O)(O)NN2CC2C(=O)O)=CC1. The van der Waals surface area contributed by atoms with Gasteiger partial charge in [0.1, 0.15) is 6.04 Å². The first-order valence-corrected chi connectivity index (χ1v) is 5.64. The molecule has 0 bridgehead atoms. The lowest BCUT2D eigenvalue weighted by Gasteiger charge is -2.25. The van der Waals surface area contributed by atoms with Crippen molar-refractivity contribution < 1.29 is 20.1 Å². The second-order valence-corrected chi connectivity index (χ2v) is 4.59. The van der Waals surface area contributed by atoms with Gasteiger partial charge in [0, 0.05) is 13.0 Å². The first-order valence-electron chi connectivity index (χ1n) is 5.64. The number of hydrogen-bond acceptors (Lipinski definition) is 5. The number of aliphatic hydroxyl groups is 2. The lowest BCUT2D eigenvalue weighted by Crippen LogP contribution is -2.49. The fourth-order valence-electron chi connectivity index (χ4n) is 1.78. The van der Waals surface area contributed by atoms with Gasteiger partial charge in [0.15, 0.2) is 0 Å². The molecule has 6 heteroatoms. The zero-order valence-electron chi connectivity index (χ0n) is 9.83. The Hall–Kier alpha value is -1.47. The van der Waals surface area contributed by atoms with Crippen molar-refractivity contribution in [1.29, 1.82) is 0 Å². The zero-order valence-corrected chi connectivity index (χ0v) is 9.83. The van der Waals surface area contributed by atoms with E-state index in [0.29, 0.717) is 6.42 Å². The van der Waals surface area contributed by atoms with Gasteiger partial charge in [0.05, 0.1) is 0 Å². The van der Waals surface area contributed by atoms with Gasteiger partial charge in [-0.05, 0) is 12.0 Å². The summed E-state index contributed by atoms with van der Waals surface area (Å²) >= 11 is 0. The Labute approximate surface area is 104 Å². The molecule has 18 heavy (non-hydrogen) atoms. The van der Waals surface area contributed by atoms with E-state index in [0.717, 1.165) is 11.1 Å². The van der Waals surface area contributed by atoms with E-state index in [9.17, 15) is 15.0 Å². The molecule has 0 aromatic carbocycles. The molecule has 6 nitrogen and oxygen atoms in total. The van der Waals surface area contributed by atoms with Crippen LogP contribution in [0.2, 0.25) is 0 Å². The quantitative estimate of drug-likeness (QED) is 0.397. The standard InChI is InChI=1S/C12H16N2O4/c1-8-2-4-9(5-3-8)6-12(17,18)13-14-7-10(14)11(15)16/h2,4-5,10,13,17-18H,1,3,6-7H2,(H,15,16). The van der Waals surface area contributed by atoms with Crippen LogP contribution in [-0.2, 0) is 4.79 Å². The van der Waals surface area contributed by atoms with E-state index >= 15 is 0 Å². The minimum atomic E-state index is -2.14.